The first kappa shape index (κ1) is 18.9. The van der Waals surface area contributed by atoms with Crippen LogP contribution in [0.15, 0.2) is 67.5 Å². The van der Waals surface area contributed by atoms with Crippen LogP contribution in [0.5, 0.6) is 0 Å². The summed E-state index contributed by atoms with van der Waals surface area (Å²) in [6, 6.07) is 9.05. The monoisotopic (exact) mass is 464 g/mol. The van der Waals surface area contributed by atoms with Crippen LogP contribution < -0.4 is 11.0 Å². The summed E-state index contributed by atoms with van der Waals surface area (Å²) in [5.74, 6) is 0.529. The molecule has 1 aliphatic heterocycles. The summed E-state index contributed by atoms with van der Waals surface area (Å²) in [5, 5.41) is 0.542. The average Bonchev–Trinajstić information content (AvgIpc) is 2.77. The largest absolute Gasteiger partial charge is 0.464 e. The first-order valence-corrected chi connectivity index (χ1v) is 10.3. The van der Waals surface area contributed by atoms with Crippen LogP contribution >= 0.6 is 15.9 Å². The maximum atomic E-state index is 12.9. The molecule has 0 aliphatic carbocycles. The number of pyridine rings is 1. The number of rotatable bonds is 3. The minimum absolute atomic E-state index is 0.0534. The molecule has 1 N–H and O–H groups in total. The van der Waals surface area contributed by atoms with Crippen molar-refractivity contribution >= 4 is 26.9 Å². The van der Waals surface area contributed by atoms with Gasteiger partial charge in [0.25, 0.3) is 5.56 Å². The van der Waals surface area contributed by atoms with Crippen LogP contribution in [-0.2, 0) is 19.5 Å². The molecule has 0 saturated heterocycles. The van der Waals surface area contributed by atoms with E-state index >= 15 is 0 Å². The van der Waals surface area contributed by atoms with Crippen molar-refractivity contribution < 1.29 is 4.42 Å². The number of hydrogen-bond acceptors (Lipinski definition) is 6. The Balaban J connectivity index is 1.43. The normalized spacial score (nSPS) is 14.0. The lowest BCUT2D eigenvalue weighted by molar-refractivity contribution is 0.239. The third-order valence-corrected chi connectivity index (χ3v) is 5.78. The van der Waals surface area contributed by atoms with Crippen LogP contribution in [0.4, 0.5) is 0 Å². The minimum Gasteiger partial charge on any atom is -0.464 e. The average molecular weight is 465 g/mol. The molecule has 3 aromatic heterocycles. The topological polar surface area (TPSA) is 92.1 Å². The number of nitrogens with zero attached hydrogens (tertiary/aromatic N) is 3. The standard InChI is InChI=1S/C22H17BrN4O3/c23-15-3-4-19-16(8-15)20(28)14(12-30-19)10-27-7-5-18-17(11-27)22(29)26-21(25-18)13-2-1-6-24-9-13/h1-4,6,8-9,12H,5,7,10-11H2,(H,25,26,29). The van der Waals surface area contributed by atoms with E-state index in [4.69, 9.17) is 4.42 Å². The first-order valence-electron chi connectivity index (χ1n) is 9.53. The van der Waals surface area contributed by atoms with Gasteiger partial charge in [0.2, 0.25) is 0 Å². The summed E-state index contributed by atoms with van der Waals surface area (Å²) in [7, 11) is 0. The number of fused-ring (bicyclic) bond motifs is 2. The van der Waals surface area contributed by atoms with E-state index in [-0.39, 0.29) is 11.0 Å². The maximum absolute atomic E-state index is 12.9. The van der Waals surface area contributed by atoms with Crippen molar-refractivity contribution in [1.29, 1.82) is 0 Å². The second kappa shape index (κ2) is 7.62. The summed E-state index contributed by atoms with van der Waals surface area (Å²) < 4.78 is 6.47. The Morgan fingerprint density at radius 3 is 2.97 bits per heavy atom. The second-order valence-corrected chi connectivity index (χ2v) is 8.19. The highest BCUT2D eigenvalue weighted by atomic mass is 79.9. The molecule has 0 fully saturated rings. The Labute approximate surface area is 179 Å². The van der Waals surface area contributed by atoms with E-state index in [9.17, 15) is 9.59 Å². The molecule has 5 rings (SSSR count). The molecule has 4 heterocycles. The SMILES string of the molecule is O=c1[nH]c(-c2cccnc2)nc2c1CN(Cc1coc3ccc(Br)cc3c1=O)CC2. The highest BCUT2D eigenvalue weighted by Gasteiger charge is 2.22. The van der Waals surface area contributed by atoms with Crippen molar-refractivity contribution in [2.45, 2.75) is 19.5 Å². The van der Waals surface area contributed by atoms with E-state index in [0.717, 1.165) is 15.7 Å². The van der Waals surface area contributed by atoms with E-state index in [0.29, 0.717) is 54.0 Å². The molecule has 8 heteroatoms. The van der Waals surface area contributed by atoms with Gasteiger partial charge in [-0.15, -0.1) is 0 Å². The summed E-state index contributed by atoms with van der Waals surface area (Å²) in [4.78, 5) is 39.2. The predicted octanol–water partition coefficient (Wildman–Crippen LogP) is 3.26. The number of H-pyrrole nitrogens is 1. The van der Waals surface area contributed by atoms with Gasteiger partial charge in [0.05, 0.1) is 22.9 Å². The molecule has 0 radical (unpaired) electrons. The van der Waals surface area contributed by atoms with Crippen molar-refractivity contribution in [2.24, 2.45) is 0 Å². The third-order valence-electron chi connectivity index (χ3n) is 5.28. The maximum Gasteiger partial charge on any atom is 0.255 e. The van der Waals surface area contributed by atoms with E-state index in [1.807, 2.05) is 18.2 Å². The Hall–Kier alpha value is -3.10. The van der Waals surface area contributed by atoms with Gasteiger partial charge in [0, 0.05) is 54.0 Å². The van der Waals surface area contributed by atoms with Gasteiger partial charge in [0.15, 0.2) is 5.43 Å². The highest BCUT2D eigenvalue weighted by molar-refractivity contribution is 9.10. The quantitative estimate of drug-likeness (QED) is 0.500. The van der Waals surface area contributed by atoms with Crippen molar-refractivity contribution in [3.63, 3.8) is 0 Å². The van der Waals surface area contributed by atoms with E-state index in [1.165, 1.54) is 6.26 Å². The number of benzene rings is 1. The fraction of sp³-hybridized carbons (Fsp3) is 0.182. The lowest BCUT2D eigenvalue weighted by atomic mass is 10.1. The van der Waals surface area contributed by atoms with E-state index in [2.05, 4.69) is 35.8 Å². The molecule has 4 aromatic rings. The van der Waals surface area contributed by atoms with Crippen LogP contribution in [-0.4, -0.2) is 26.4 Å². The third kappa shape index (κ3) is 3.48. The molecule has 0 spiro atoms. The van der Waals surface area contributed by atoms with Crippen molar-refractivity contribution in [2.75, 3.05) is 6.54 Å². The van der Waals surface area contributed by atoms with E-state index < -0.39 is 0 Å². The van der Waals surface area contributed by atoms with Gasteiger partial charge < -0.3 is 9.40 Å². The Morgan fingerprint density at radius 1 is 1.23 bits per heavy atom. The number of halogens is 1. The van der Waals surface area contributed by atoms with Gasteiger partial charge in [0.1, 0.15) is 11.4 Å². The number of aromatic amines is 1. The summed E-state index contributed by atoms with van der Waals surface area (Å²) in [5.41, 5.74) is 3.13. The molecule has 0 saturated carbocycles. The van der Waals surface area contributed by atoms with Gasteiger partial charge in [-0.2, -0.15) is 0 Å². The van der Waals surface area contributed by atoms with Crippen LogP contribution in [0.1, 0.15) is 16.8 Å². The van der Waals surface area contributed by atoms with Gasteiger partial charge in [-0.1, -0.05) is 15.9 Å². The molecular formula is C22H17BrN4O3. The Kier molecular flexibility index (Phi) is 4.80. The Morgan fingerprint density at radius 2 is 2.13 bits per heavy atom. The van der Waals surface area contributed by atoms with Crippen molar-refractivity contribution in [1.82, 2.24) is 19.9 Å². The molecule has 7 nitrogen and oxygen atoms in total. The molecule has 0 unspecified atom stereocenters. The predicted molar refractivity (Wildman–Crippen MR) is 116 cm³/mol. The highest BCUT2D eigenvalue weighted by Crippen LogP contribution is 2.21. The first-order chi connectivity index (χ1) is 14.6. The second-order valence-electron chi connectivity index (χ2n) is 7.27. The molecule has 0 atom stereocenters. The zero-order valence-corrected chi connectivity index (χ0v) is 17.5. The number of hydrogen-bond donors (Lipinski definition) is 1. The van der Waals surface area contributed by atoms with Crippen LogP contribution in [0.3, 0.4) is 0 Å². The summed E-state index contributed by atoms with van der Waals surface area (Å²) in [6.45, 7) is 1.54. The molecular weight excluding hydrogens is 448 g/mol. The Bertz CT molecular complexity index is 1360. The molecule has 1 aliphatic rings. The fourth-order valence-electron chi connectivity index (χ4n) is 3.75. The molecule has 150 valence electrons. The molecule has 30 heavy (non-hydrogen) atoms. The number of aromatic nitrogens is 3. The zero-order chi connectivity index (χ0) is 20.7. The van der Waals surface area contributed by atoms with Crippen LogP contribution in [0, 0.1) is 0 Å². The lowest BCUT2D eigenvalue weighted by Gasteiger charge is -2.27. The van der Waals surface area contributed by atoms with Crippen molar-refractivity contribution in [3.05, 3.63) is 90.9 Å². The smallest absolute Gasteiger partial charge is 0.255 e. The van der Waals surface area contributed by atoms with Gasteiger partial charge in [-0.3, -0.25) is 19.5 Å². The lowest BCUT2D eigenvalue weighted by Crippen LogP contribution is -2.36. The van der Waals surface area contributed by atoms with Gasteiger partial charge >= 0.3 is 0 Å². The van der Waals surface area contributed by atoms with Gasteiger partial charge in [-0.05, 0) is 30.3 Å². The molecule has 0 bridgehead atoms. The van der Waals surface area contributed by atoms with E-state index in [1.54, 1.807) is 24.5 Å². The molecule has 0 amide bonds. The number of nitrogens with one attached hydrogen (secondary N) is 1. The molecule has 1 aromatic carbocycles. The van der Waals surface area contributed by atoms with Crippen molar-refractivity contribution in [3.8, 4) is 11.4 Å². The fourth-order valence-corrected chi connectivity index (χ4v) is 4.11. The van der Waals surface area contributed by atoms with Crippen LogP contribution in [0.2, 0.25) is 0 Å². The minimum atomic E-state index is -0.155. The zero-order valence-electron chi connectivity index (χ0n) is 15.9. The van der Waals surface area contributed by atoms with Crippen LogP contribution in [0.25, 0.3) is 22.4 Å². The summed E-state index contributed by atoms with van der Waals surface area (Å²) in [6.07, 6.45) is 5.51. The summed E-state index contributed by atoms with van der Waals surface area (Å²) >= 11 is 3.40. The van der Waals surface area contributed by atoms with Gasteiger partial charge in [-0.25, -0.2) is 4.98 Å².